The first-order valence-corrected chi connectivity index (χ1v) is 7.81. The van der Waals surface area contributed by atoms with Gasteiger partial charge >= 0.3 is 6.09 Å². The molecular weight excluding hydrogens is 296 g/mol. The number of ether oxygens (including phenoxy) is 1. The largest absolute Gasteiger partial charge is 0.440 e. The van der Waals surface area contributed by atoms with Crippen molar-refractivity contribution in [1.29, 1.82) is 0 Å². The van der Waals surface area contributed by atoms with Gasteiger partial charge in [0.25, 0.3) is 5.56 Å². The number of amides is 1. The zero-order valence-corrected chi connectivity index (χ0v) is 12.7. The molecule has 2 saturated heterocycles. The van der Waals surface area contributed by atoms with Crippen molar-refractivity contribution >= 4 is 17.1 Å². The zero-order chi connectivity index (χ0) is 15.9. The SMILES string of the molecule is O=C1NC[C@]2(CCCN(Cc3nc4ccccc4[nH]c3=O)C2)O1. The van der Waals surface area contributed by atoms with Crippen LogP contribution in [0, 0.1) is 0 Å². The van der Waals surface area contributed by atoms with Crippen LogP contribution >= 0.6 is 0 Å². The molecule has 120 valence electrons. The number of aromatic amines is 1. The van der Waals surface area contributed by atoms with Gasteiger partial charge in [-0.05, 0) is 31.5 Å². The summed E-state index contributed by atoms with van der Waals surface area (Å²) in [5, 5.41) is 2.73. The summed E-state index contributed by atoms with van der Waals surface area (Å²) in [6, 6.07) is 7.49. The van der Waals surface area contributed by atoms with Gasteiger partial charge in [-0.15, -0.1) is 0 Å². The Morgan fingerprint density at radius 2 is 2.17 bits per heavy atom. The summed E-state index contributed by atoms with van der Waals surface area (Å²) in [7, 11) is 0. The highest BCUT2D eigenvalue weighted by molar-refractivity contribution is 5.73. The molecule has 23 heavy (non-hydrogen) atoms. The van der Waals surface area contributed by atoms with E-state index < -0.39 is 5.60 Å². The number of aromatic nitrogens is 2. The third-order valence-electron chi connectivity index (χ3n) is 4.53. The second kappa shape index (κ2) is 5.34. The van der Waals surface area contributed by atoms with E-state index in [2.05, 4.69) is 20.2 Å². The standard InChI is InChI=1S/C16H18N4O3/c21-14-13(18-11-4-1-2-5-12(11)19-14)8-20-7-3-6-16(10-20)9-17-15(22)23-16/h1-2,4-5H,3,6-10H2,(H,17,22)(H,19,21)/t16-/m0/s1. The maximum Gasteiger partial charge on any atom is 0.407 e. The fourth-order valence-corrected chi connectivity index (χ4v) is 3.44. The first-order chi connectivity index (χ1) is 11.1. The van der Waals surface area contributed by atoms with Crippen molar-refractivity contribution in [3.8, 4) is 0 Å². The summed E-state index contributed by atoms with van der Waals surface area (Å²) < 4.78 is 5.46. The minimum absolute atomic E-state index is 0.162. The lowest BCUT2D eigenvalue weighted by atomic mass is 9.93. The number of likely N-dealkylation sites (tertiary alicyclic amines) is 1. The smallest absolute Gasteiger partial charge is 0.407 e. The van der Waals surface area contributed by atoms with Crippen LogP contribution in [-0.2, 0) is 11.3 Å². The molecule has 2 N–H and O–H groups in total. The van der Waals surface area contributed by atoms with Crippen molar-refractivity contribution in [2.24, 2.45) is 0 Å². The Labute approximate surface area is 132 Å². The molecule has 1 amide bonds. The van der Waals surface area contributed by atoms with Crippen LogP contribution in [0.5, 0.6) is 0 Å². The van der Waals surface area contributed by atoms with E-state index in [4.69, 9.17) is 4.74 Å². The lowest BCUT2D eigenvalue weighted by Gasteiger charge is -2.37. The highest BCUT2D eigenvalue weighted by Gasteiger charge is 2.43. The molecule has 7 heteroatoms. The van der Waals surface area contributed by atoms with Gasteiger partial charge in [0.1, 0.15) is 11.3 Å². The molecule has 0 saturated carbocycles. The molecular formula is C16H18N4O3. The van der Waals surface area contributed by atoms with Crippen molar-refractivity contribution in [1.82, 2.24) is 20.2 Å². The molecule has 1 aromatic heterocycles. The average Bonchev–Trinajstić information content (AvgIpc) is 2.88. The van der Waals surface area contributed by atoms with E-state index in [1.807, 2.05) is 24.3 Å². The molecule has 1 aromatic carbocycles. The quantitative estimate of drug-likeness (QED) is 0.863. The topological polar surface area (TPSA) is 87.3 Å². The predicted molar refractivity (Wildman–Crippen MR) is 84.1 cm³/mol. The number of H-pyrrole nitrogens is 1. The second-order valence-electron chi connectivity index (χ2n) is 6.27. The molecule has 0 aliphatic carbocycles. The van der Waals surface area contributed by atoms with Gasteiger partial charge < -0.3 is 15.0 Å². The Morgan fingerprint density at radius 3 is 3.00 bits per heavy atom. The second-order valence-corrected chi connectivity index (χ2v) is 6.27. The number of nitrogens with one attached hydrogen (secondary N) is 2. The molecule has 1 spiro atoms. The molecule has 0 bridgehead atoms. The van der Waals surface area contributed by atoms with Gasteiger partial charge in [-0.2, -0.15) is 0 Å². The van der Waals surface area contributed by atoms with Crippen LogP contribution in [0.15, 0.2) is 29.1 Å². The van der Waals surface area contributed by atoms with Crippen molar-refractivity contribution in [2.75, 3.05) is 19.6 Å². The number of hydrogen-bond acceptors (Lipinski definition) is 5. The van der Waals surface area contributed by atoms with Gasteiger partial charge in [0.15, 0.2) is 0 Å². The number of benzene rings is 1. The zero-order valence-electron chi connectivity index (χ0n) is 12.7. The van der Waals surface area contributed by atoms with Crippen LogP contribution < -0.4 is 10.9 Å². The summed E-state index contributed by atoms with van der Waals surface area (Å²) in [6.07, 6.45) is 1.43. The Kier molecular flexibility index (Phi) is 3.30. The number of fused-ring (bicyclic) bond motifs is 1. The average molecular weight is 314 g/mol. The fraction of sp³-hybridized carbons (Fsp3) is 0.438. The normalized spacial score (nSPS) is 24.8. The molecule has 2 fully saturated rings. The van der Waals surface area contributed by atoms with Crippen molar-refractivity contribution in [2.45, 2.75) is 25.0 Å². The molecule has 2 aromatic rings. The number of carbonyl (C=O) groups excluding carboxylic acids is 1. The monoisotopic (exact) mass is 314 g/mol. The van der Waals surface area contributed by atoms with Gasteiger partial charge in [0, 0.05) is 13.1 Å². The Bertz CT molecular complexity index is 818. The summed E-state index contributed by atoms with van der Waals surface area (Å²) in [5.41, 5.74) is 1.40. The van der Waals surface area contributed by atoms with Gasteiger partial charge in [0.05, 0.1) is 17.6 Å². The molecule has 7 nitrogen and oxygen atoms in total. The highest BCUT2D eigenvalue weighted by Crippen LogP contribution is 2.28. The summed E-state index contributed by atoms with van der Waals surface area (Å²) in [6.45, 7) is 2.48. The van der Waals surface area contributed by atoms with Crippen molar-refractivity contribution in [3.63, 3.8) is 0 Å². The van der Waals surface area contributed by atoms with Crippen LogP contribution in [0.25, 0.3) is 11.0 Å². The van der Waals surface area contributed by atoms with E-state index in [0.29, 0.717) is 25.3 Å². The third kappa shape index (κ3) is 2.68. The van der Waals surface area contributed by atoms with Crippen LogP contribution in [-0.4, -0.2) is 46.2 Å². The Balaban J connectivity index is 1.57. The van der Waals surface area contributed by atoms with Crippen molar-refractivity contribution < 1.29 is 9.53 Å². The van der Waals surface area contributed by atoms with Crippen LogP contribution in [0.4, 0.5) is 4.79 Å². The van der Waals surface area contributed by atoms with Gasteiger partial charge in [-0.25, -0.2) is 9.78 Å². The number of nitrogens with zero attached hydrogens (tertiary/aromatic N) is 2. The van der Waals surface area contributed by atoms with Crippen LogP contribution in [0.3, 0.4) is 0 Å². The molecule has 4 rings (SSSR count). The van der Waals surface area contributed by atoms with E-state index in [0.717, 1.165) is 30.4 Å². The highest BCUT2D eigenvalue weighted by atomic mass is 16.6. The van der Waals surface area contributed by atoms with Crippen LogP contribution in [0.2, 0.25) is 0 Å². The maximum absolute atomic E-state index is 12.2. The number of piperidine rings is 1. The maximum atomic E-state index is 12.2. The summed E-state index contributed by atoms with van der Waals surface area (Å²) in [5.74, 6) is 0. The minimum Gasteiger partial charge on any atom is -0.440 e. The Hall–Kier alpha value is -2.41. The van der Waals surface area contributed by atoms with Gasteiger partial charge in [-0.1, -0.05) is 12.1 Å². The molecule has 1 atom stereocenters. The minimum atomic E-state index is -0.459. The summed E-state index contributed by atoms with van der Waals surface area (Å²) in [4.78, 5) is 33.1. The van der Waals surface area contributed by atoms with E-state index in [1.165, 1.54) is 0 Å². The third-order valence-corrected chi connectivity index (χ3v) is 4.53. The lowest BCUT2D eigenvalue weighted by molar-refractivity contribution is -0.0115. The van der Waals surface area contributed by atoms with Crippen LogP contribution in [0.1, 0.15) is 18.5 Å². The molecule has 2 aliphatic heterocycles. The Morgan fingerprint density at radius 1 is 1.30 bits per heavy atom. The first kappa shape index (κ1) is 14.2. The molecule has 2 aliphatic rings. The molecule has 0 unspecified atom stereocenters. The predicted octanol–water partition coefficient (Wildman–Crippen LogP) is 0.997. The van der Waals surface area contributed by atoms with E-state index >= 15 is 0 Å². The van der Waals surface area contributed by atoms with Crippen molar-refractivity contribution in [3.05, 3.63) is 40.3 Å². The summed E-state index contributed by atoms with van der Waals surface area (Å²) >= 11 is 0. The number of hydrogen-bond donors (Lipinski definition) is 2. The number of rotatable bonds is 2. The van der Waals surface area contributed by atoms with Gasteiger partial charge in [0.2, 0.25) is 0 Å². The fourth-order valence-electron chi connectivity index (χ4n) is 3.44. The first-order valence-electron chi connectivity index (χ1n) is 7.81. The number of alkyl carbamates (subject to hydrolysis) is 1. The van der Waals surface area contributed by atoms with E-state index in [9.17, 15) is 9.59 Å². The number of para-hydroxylation sites is 2. The lowest BCUT2D eigenvalue weighted by Crippen LogP contribution is -2.50. The van der Waals surface area contributed by atoms with E-state index in [1.54, 1.807) is 0 Å². The molecule has 3 heterocycles. The van der Waals surface area contributed by atoms with Gasteiger partial charge in [-0.3, -0.25) is 9.69 Å². The number of carbonyl (C=O) groups is 1. The van der Waals surface area contributed by atoms with E-state index in [-0.39, 0.29) is 11.7 Å². The molecule has 0 radical (unpaired) electrons.